The summed E-state index contributed by atoms with van der Waals surface area (Å²) in [5, 5.41) is 8.02. The van der Waals surface area contributed by atoms with E-state index in [-0.39, 0.29) is 11.8 Å². The van der Waals surface area contributed by atoms with Crippen molar-refractivity contribution in [1.29, 1.82) is 0 Å². The molecular weight excluding hydrogens is 320 g/mol. The Morgan fingerprint density at radius 2 is 1.88 bits per heavy atom. The van der Waals surface area contributed by atoms with Gasteiger partial charge in [0.1, 0.15) is 5.75 Å². The molecule has 0 N–H and O–H groups in total. The van der Waals surface area contributed by atoms with Crippen molar-refractivity contribution in [3.63, 3.8) is 0 Å². The van der Waals surface area contributed by atoms with E-state index in [0.717, 1.165) is 41.3 Å². The SMILES string of the molecule is Clc1ccc2c(c1)C1CC(c3ccccc3)=NN1C1(CCCC1)O2. The molecule has 0 amide bonds. The van der Waals surface area contributed by atoms with Crippen LogP contribution in [-0.2, 0) is 0 Å². The minimum absolute atomic E-state index is 0.223. The third-order valence-electron chi connectivity index (χ3n) is 5.45. The first-order valence-electron chi connectivity index (χ1n) is 8.66. The zero-order chi connectivity index (χ0) is 16.1. The molecule has 2 heterocycles. The minimum Gasteiger partial charge on any atom is -0.466 e. The lowest BCUT2D eigenvalue weighted by Crippen LogP contribution is -2.51. The summed E-state index contributed by atoms with van der Waals surface area (Å²) in [5.41, 5.74) is 3.23. The van der Waals surface area contributed by atoms with Crippen LogP contribution in [0.5, 0.6) is 5.75 Å². The van der Waals surface area contributed by atoms with Crippen LogP contribution in [0.2, 0.25) is 5.02 Å². The highest BCUT2D eigenvalue weighted by Gasteiger charge is 2.51. The summed E-state index contributed by atoms with van der Waals surface area (Å²) in [4.78, 5) is 0. The van der Waals surface area contributed by atoms with Crippen molar-refractivity contribution < 1.29 is 4.74 Å². The van der Waals surface area contributed by atoms with Crippen molar-refractivity contribution in [3.05, 3.63) is 64.7 Å². The van der Waals surface area contributed by atoms with E-state index in [1.54, 1.807) is 0 Å². The second-order valence-electron chi connectivity index (χ2n) is 6.91. The largest absolute Gasteiger partial charge is 0.466 e. The number of fused-ring (bicyclic) bond motifs is 4. The average Bonchev–Trinajstić information content (AvgIpc) is 3.25. The van der Waals surface area contributed by atoms with Gasteiger partial charge in [-0.2, -0.15) is 5.10 Å². The van der Waals surface area contributed by atoms with E-state index in [2.05, 4.69) is 29.3 Å². The van der Waals surface area contributed by atoms with Gasteiger partial charge in [0.25, 0.3) is 0 Å². The van der Waals surface area contributed by atoms with Crippen molar-refractivity contribution in [2.45, 2.75) is 43.9 Å². The molecule has 1 aliphatic carbocycles. The van der Waals surface area contributed by atoms with Gasteiger partial charge < -0.3 is 4.74 Å². The quantitative estimate of drug-likeness (QED) is 0.718. The van der Waals surface area contributed by atoms with Crippen LogP contribution in [0.25, 0.3) is 0 Å². The Kier molecular flexibility index (Phi) is 3.14. The van der Waals surface area contributed by atoms with E-state index in [1.165, 1.54) is 18.4 Å². The summed E-state index contributed by atoms with van der Waals surface area (Å²) in [5.74, 6) is 0.979. The number of halogens is 1. The van der Waals surface area contributed by atoms with Crippen LogP contribution < -0.4 is 4.74 Å². The molecule has 1 spiro atoms. The van der Waals surface area contributed by atoms with Crippen molar-refractivity contribution >= 4 is 17.3 Å². The molecule has 4 heteroatoms. The molecule has 3 aliphatic rings. The number of benzene rings is 2. The molecule has 0 saturated heterocycles. The lowest BCUT2D eigenvalue weighted by atomic mass is 9.94. The summed E-state index contributed by atoms with van der Waals surface area (Å²) < 4.78 is 6.49. The van der Waals surface area contributed by atoms with E-state index in [9.17, 15) is 0 Å². The van der Waals surface area contributed by atoms with Gasteiger partial charge in [0, 0.05) is 29.8 Å². The summed E-state index contributed by atoms with van der Waals surface area (Å²) in [6, 6.07) is 16.7. The zero-order valence-electron chi connectivity index (χ0n) is 13.4. The highest BCUT2D eigenvalue weighted by Crippen LogP contribution is 2.52. The summed E-state index contributed by atoms with van der Waals surface area (Å²) >= 11 is 6.26. The molecule has 24 heavy (non-hydrogen) atoms. The summed E-state index contributed by atoms with van der Waals surface area (Å²) in [6.45, 7) is 0. The van der Waals surface area contributed by atoms with Gasteiger partial charge in [0.2, 0.25) is 0 Å². The van der Waals surface area contributed by atoms with Gasteiger partial charge in [0.15, 0.2) is 5.72 Å². The Bertz CT molecular complexity index is 812. The Balaban J connectivity index is 1.62. The van der Waals surface area contributed by atoms with Gasteiger partial charge in [-0.3, -0.25) is 0 Å². The molecule has 3 nitrogen and oxygen atoms in total. The van der Waals surface area contributed by atoms with Crippen LogP contribution in [0.1, 0.15) is 49.3 Å². The monoisotopic (exact) mass is 338 g/mol. The Morgan fingerprint density at radius 3 is 2.67 bits per heavy atom. The lowest BCUT2D eigenvalue weighted by Gasteiger charge is -2.45. The van der Waals surface area contributed by atoms with Crippen molar-refractivity contribution in [3.8, 4) is 5.75 Å². The molecule has 2 aromatic carbocycles. The van der Waals surface area contributed by atoms with Gasteiger partial charge in [-0.05, 0) is 36.6 Å². The van der Waals surface area contributed by atoms with Gasteiger partial charge in [-0.1, -0.05) is 41.9 Å². The second-order valence-corrected chi connectivity index (χ2v) is 7.35. The van der Waals surface area contributed by atoms with Crippen LogP contribution >= 0.6 is 11.6 Å². The molecule has 1 unspecified atom stereocenters. The minimum atomic E-state index is -0.276. The molecule has 0 bridgehead atoms. The van der Waals surface area contributed by atoms with Crippen molar-refractivity contribution in [2.75, 3.05) is 0 Å². The average molecular weight is 339 g/mol. The molecule has 1 saturated carbocycles. The van der Waals surface area contributed by atoms with Crippen LogP contribution in [0.15, 0.2) is 53.6 Å². The Morgan fingerprint density at radius 1 is 1.08 bits per heavy atom. The third-order valence-corrected chi connectivity index (χ3v) is 5.69. The molecule has 0 radical (unpaired) electrons. The van der Waals surface area contributed by atoms with Gasteiger partial charge in [-0.15, -0.1) is 0 Å². The summed E-state index contributed by atoms with van der Waals surface area (Å²) in [7, 11) is 0. The van der Waals surface area contributed by atoms with Gasteiger partial charge in [0.05, 0.1) is 11.8 Å². The molecule has 2 aliphatic heterocycles. The Labute approximate surface area is 146 Å². The first kappa shape index (κ1) is 14.4. The molecule has 2 aromatic rings. The number of ether oxygens (including phenoxy) is 1. The second kappa shape index (κ2) is 5.25. The van der Waals surface area contributed by atoms with Crippen LogP contribution in [-0.4, -0.2) is 16.4 Å². The fraction of sp³-hybridized carbons (Fsp3) is 0.350. The normalized spacial score (nSPS) is 23.6. The molecule has 0 aromatic heterocycles. The van der Waals surface area contributed by atoms with Crippen LogP contribution in [0, 0.1) is 0 Å². The number of rotatable bonds is 1. The first-order valence-corrected chi connectivity index (χ1v) is 9.04. The number of nitrogens with zero attached hydrogens (tertiary/aromatic N) is 2. The number of hydrogen-bond acceptors (Lipinski definition) is 3. The van der Waals surface area contributed by atoms with E-state index in [1.807, 2.05) is 24.3 Å². The lowest BCUT2D eigenvalue weighted by molar-refractivity contribution is -0.114. The fourth-order valence-corrected chi connectivity index (χ4v) is 4.50. The smallest absolute Gasteiger partial charge is 0.198 e. The molecule has 1 fully saturated rings. The van der Waals surface area contributed by atoms with Crippen LogP contribution in [0.4, 0.5) is 0 Å². The standard InChI is InChI=1S/C20H19ClN2O/c21-15-8-9-19-16(12-15)18-13-17(14-6-2-1-3-7-14)22-23(18)20(24-19)10-4-5-11-20/h1-3,6-9,12,18H,4-5,10-11,13H2. The topological polar surface area (TPSA) is 24.8 Å². The summed E-state index contributed by atoms with van der Waals surface area (Å²) in [6.07, 6.45) is 5.38. The number of hydrazone groups is 1. The molecule has 122 valence electrons. The van der Waals surface area contributed by atoms with E-state index >= 15 is 0 Å². The highest BCUT2D eigenvalue weighted by molar-refractivity contribution is 6.30. The zero-order valence-corrected chi connectivity index (χ0v) is 14.2. The van der Waals surface area contributed by atoms with Crippen LogP contribution in [0.3, 0.4) is 0 Å². The Hall–Kier alpha value is -2.00. The van der Waals surface area contributed by atoms with Crippen molar-refractivity contribution in [2.24, 2.45) is 5.10 Å². The predicted octanol–water partition coefficient (Wildman–Crippen LogP) is 5.15. The molecule has 5 rings (SSSR count). The maximum absolute atomic E-state index is 6.49. The third kappa shape index (κ3) is 2.07. The van der Waals surface area contributed by atoms with Gasteiger partial charge >= 0.3 is 0 Å². The van der Waals surface area contributed by atoms with E-state index in [0.29, 0.717) is 0 Å². The fourth-order valence-electron chi connectivity index (χ4n) is 4.32. The maximum Gasteiger partial charge on any atom is 0.198 e. The van der Waals surface area contributed by atoms with Crippen molar-refractivity contribution in [1.82, 2.24) is 5.01 Å². The maximum atomic E-state index is 6.49. The highest BCUT2D eigenvalue weighted by atomic mass is 35.5. The van der Waals surface area contributed by atoms with Gasteiger partial charge in [-0.25, -0.2) is 5.01 Å². The predicted molar refractivity (Wildman–Crippen MR) is 95.5 cm³/mol. The molecular formula is C20H19ClN2O. The van der Waals surface area contributed by atoms with E-state index in [4.69, 9.17) is 21.4 Å². The number of hydrogen-bond donors (Lipinski definition) is 0. The van der Waals surface area contributed by atoms with E-state index < -0.39 is 0 Å². The molecule has 1 atom stereocenters. The first-order chi connectivity index (χ1) is 11.8.